The third-order valence-electron chi connectivity index (χ3n) is 3.00. The number of nitrogens with two attached hydrogens (primary N) is 1. The van der Waals surface area contributed by atoms with Crippen LogP contribution in [-0.2, 0) is 9.84 Å². The highest BCUT2D eigenvalue weighted by atomic mass is 32.2. The van der Waals surface area contributed by atoms with Crippen molar-refractivity contribution in [2.75, 3.05) is 35.4 Å². The molecular weight excluding hydrogens is 298 g/mol. The van der Waals surface area contributed by atoms with Crippen molar-refractivity contribution in [3.05, 3.63) is 24.3 Å². The largest absolute Gasteiger partial charge is 0.399 e. The van der Waals surface area contributed by atoms with Gasteiger partial charge in [-0.25, -0.2) is 13.2 Å². The smallest absolute Gasteiger partial charge is 0.322 e. The zero-order chi connectivity index (χ0) is 14.8. The lowest BCUT2D eigenvalue weighted by Gasteiger charge is -2.33. The van der Waals surface area contributed by atoms with Crippen LogP contribution in [0.3, 0.4) is 0 Å². The Balaban J connectivity index is 2.12. The quantitative estimate of drug-likeness (QED) is 0.801. The van der Waals surface area contributed by atoms with E-state index in [-0.39, 0.29) is 0 Å². The molecule has 0 spiro atoms. The van der Waals surface area contributed by atoms with Gasteiger partial charge in [0.1, 0.15) is 5.37 Å². The fourth-order valence-electron chi connectivity index (χ4n) is 1.93. The Kier molecular flexibility index (Phi) is 4.44. The predicted molar refractivity (Wildman–Crippen MR) is 82.5 cm³/mol. The van der Waals surface area contributed by atoms with Gasteiger partial charge < -0.3 is 16.0 Å². The average Bonchev–Trinajstić information content (AvgIpc) is 2.40. The lowest BCUT2D eigenvalue weighted by Crippen LogP contribution is -2.51. The number of rotatable bonds is 2. The van der Waals surface area contributed by atoms with Crippen LogP contribution in [0.5, 0.6) is 0 Å². The van der Waals surface area contributed by atoms with E-state index >= 15 is 0 Å². The normalized spacial score (nSPS) is 19.6. The second kappa shape index (κ2) is 5.92. The van der Waals surface area contributed by atoms with E-state index in [0.29, 0.717) is 23.7 Å². The molecule has 1 unspecified atom stereocenters. The molecule has 0 aliphatic carbocycles. The van der Waals surface area contributed by atoms with E-state index in [1.807, 2.05) is 0 Å². The van der Waals surface area contributed by atoms with Gasteiger partial charge in [-0.2, -0.15) is 11.8 Å². The van der Waals surface area contributed by atoms with Gasteiger partial charge in [-0.15, -0.1) is 0 Å². The van der Waals surface area contributed by atoms with E-state index in [1.165, 1.54) is 4.90 Å². The van der Waals surface area contributed by atoms with Crippen LogP contribution in [0.1, 0.15) is 0 Å². The van der Waals surface area contributed by atoms with Crippen molar-refractivity contribution in [3.8, 4) is 0 Å². The third-order valence-corrected chi connectivity index (χ3v) is 5.64. The number of nitrogen functional groups attached to an aromatic ring is 1. The van der Waals surface area contributed by atoms with Crippen molar-refractivity contribution in [2.24, 2.45) is 0 Å². The van der Waals surface area contributed by atoms with Crippen molar-refractivity contribution in [1.29, 1.82) is 0 Å². The van der Waals surface area contributed by atoms with Crippen molar-refractivity contribution < 1.29 is 13.2 Å². The minimum absolute atomic E-state index is 0.398. The molecule has 1 heterocycles. The highest BCUT2D eigenvalue weighted by Gasteiger charge is 2.34. The maximum absolute atomic E-state index is 12.2. The topological polar surface area (TPSA) is 92.5 Å². The minimum atomic E-state index is -3.29. The van der Waals surface area contributed by atoms with E-state index in [9.17, 15) is 13.2 Å². The molecule has 0 bridgehead atoms. The lowest BCUT2D eigenvalue weighted by atomic mass is 10.3. The van der Waals surface area contributed by atoms with E-state index in [4.69, 9.17) is 5.73 Å². The second-order valence-corrected chi connectivity index (χ2v) is 7.96. The van der Waals surface area contributed by atoms with Crippen LogP contribution in [-0.4, -0.2) is 49.0 Å². The average molecular weight is 315 g/mol. The molecule has 3 N–H and O–H groups in total. The molecule has 1 aromatic rings. The van der Waals surface area contributed by atoms with Gasteiger partial charge in [0.25, 0.3) is 0 Å². The highest BCUT2D eigenvalue weighted by molar-refractivity contribution is 8.00. The molecule has 6 nitrogen and oxygen atoms in total. The number of carbonyl (C=O) groups is 1. The number of benzene rings is 1. The molecule has 110 valence electrons. The van der Waals surface area contributed by atoms with Crippen molar-refractivity contribution in [2.45, 2.75) is 5.37 Å². The monoisotopic (exact) mass is 315 g/mol. The Hall–Kier alpha value is -1.41. The molecule has 1 aliphatic rings. The number of carbonyl (C=O) groups excluding carboxylic acids is 1. The number of hydrogen-bond acceptors (Lipinski definition) is 5. The maximum atomic E-state index is 12.2. The molecular formula is C12H17N3O3S2. The van der Waals surface area contributed by atoms with Crippen molar-refractivity contribution in [3.63, 3.8) is 0 Å². The summed E-state index contributed by atoms with van der Waals surface area (Å²) in [6, 6.07) is 6.32. The molecule has 1 atom stereocenters. The van der Waals surface area contributed by atoms with Gasteiger partial charge >= 0.3 is 6.03 Å². The van der Waals surface area contributed by atoms with Crippen molar-refractivity contribution >= 4 is 39.0 Å². The molecule has 2 rings (SSSR count). The Morgan fingerprint density at radius 3 is 2.65 bits per heavy atom. The van der Waals surface area contributed by atoms with Crippen LogP contribution in [0, 0.1) is 0 Å². The Morgan fingerprint density at radius 2 is 2.05 bits per heavy atom. The summed E-state index contributed by atoms with van der Waals surface area (Å²) in [5.41, 5.74) is 6.77. The van der Waals surface area contributed by atoms with E-state index in [0.717, 1.165) is 12.0 Å². The lowest BCUT2D eigenvalue weighted by molar-refractivity contribution is 0.210. The molecule has 0 radical (unpaired) electrons. The highest BCUT2D eigenvalue weighted by Crippen LogP contribution is 2.21. The van der Waals surface area contributed by atoms with Crippen molar-refractivity contribution in [1.82, 2.24) is 4.90 Å². The van der Waals surface area contributed by atoms with Crippen LogP contribution in [0.4, 0.5) is 16.2 Å². The number of sulfone groups is 1. The van der Waals surface area contributed by atoms with Gasteiger partial charge in [0.05, 0.1) is 0 Å². The first kappa shape index (κ1) is 15.0. The molecule has 0 aromatic heterocycles. The maximum Gasteiger partial charge on any atom is 0.322 e. The van der Waals surface area contributed by atoms with Gasteiger partial charge in [-0.1, -0.05) is 0 Å². The molecule has 1 aromatic carbocycles. The number of anilines is 2. The standard InChI is InChI=1S/C12H17N3O3S2/c1-20(17,18)11-8-19-7-6-15(11)12(16)14-10-4-2-9(13)3-5-10/h2-5,11H,6-8,13H2,1H3,(H,14,16). The van der Waals surface area contributed by atoms with Crippen LogP contribution in [0.15, 0.2) is 24.3 Å². The molecule has 0 saturated carbocycles. The summed E-state index contributed by atoms with van der Waals surface area (Å²) in [4.78, 5) is 13.6. The summed E-state index contributed by atoms with van der Waals surface area (Å²) >= 11 is 1.54. The number of nitrogens with zero attached hydrogens (tertiary/aromatic N) is 1. The molecule has 1 aliphatic heterocycles. The van der Waals surface area contributed by atoms with Crippen LogP contribution in [0.2, 0.25) is 0 Å². The summed E-state index contributed by atoms with van der Waals surface area (Å²) in [6.45, 7) is 0.420. The summed E-state index contributed by atoms with van der Waals surface area (Å²) in [5.74, 6) is 1.15. The fraction of sp³-hybridized carbons (Fsp3) is 0.417. The summed E-state index contributed by atoms with van der Waals surface area (Å²) in [6.07, 6.45) is 1.16. The van der Waals surface area contributed by atoms with Gasteiger partial charge in [0.15, 0.2) is 9.84 Å². The molecule has 1 saturated heterocycles. The summed E-state index contributed by atoms with van der Waals surface area (Å²) in [7, 11) is -3.29. The van der Waals surface area contributed by atoms with Gasteiger partial charge in [-0.3, -0.25) is 0 Å². The summed E-state index contributed by atoms with van der Waals surface area (Å²) < 4.78 is 23.5. The molecule has 2 amide bonds. The van der Waals surface area contributed by atoms with Gasteiger partial charge in [0, 0.05) is 35.7 Å². The first-order valence-electron chi connectivity index (χ1n) is 6.08. The predicted octanol–water partition coefficient (Wildman–Crippen LogP) is 1.22. The van der Waals surface area contributed by atoms with E-state index < -0.39 is 21.2 Å². The van der Waals surface area contributed by atoms with E-state index in [2.05, 4.69) is 5.32 Å². The van der Waals surface area contributed by atoms with E-state index in [1.54, 1.807) is 36.0 Å². The Labute approximate surface area is 122 Å². The third kappa shape index (κ3) is 3.57. The first-order chi connectivity index (χ1) is 9.38. The fourth-order valence-corrected chi connectivity index (χ4v) is 4.74. The zero-order valence-corrected chi connectivity index (χ0v) is 12.7. The second-order valence-electron chi connectivity index (χ2n) is 4.60. The first-order valence-corrected chi connectivity index (χ1v) is 9.18. The zero-order valence-electron chi connectivity index (χ0n) is 11.1. The van der Waals surface area contributed by atoms with Crippen LogP contribution < -0.4 is 11.1 Å². The minimum Gasteiger partial charge on any atom is -0.399 e. The number of urea groups is 1. The van der Waals surface area contributed by atoms with Crippen LogP contribution in [0.25, 0.3) is 0 Å². The summed E-state index contributed by atoms with van der Waals surface area (Å²) in [5, 5.41) is 1.93. The van der Waals surface area contributed by atoms with Gasteiger partial charge in [0.2, 0.25) is 0 Å². The van der Waals surface area contributed by atoms with Gasteiger partial charge in [-0.05, 0) is 24.3 Å². The number of nitrogens with one attached hydrogen (secondary N) is 1. The Morgan fingerprint density at radius 1 is 1.40 bits per heavy atom. The SMILES string of the molecule is CS(=O)(=O)C1CSCCN1C(=O)Nc1ccc(N)cc1. The molecule has 20 heavy (non-hydrogen) atoms. The number of thioether (sulfide) groups is 1. The van der Waals surface area contributed by atoms with Crippen LogP contribution >= 0.6 is 11.8 Å². The number of hydrogen-bond donors (Lipinski definition) is 2. The molecule has 8 heteroatoms. The molecule has 1 fully saturated rings. The number of amides is 2. The Bertz CT molecular complexity index is 586.